The van der Waals surface area contributed by atoms with Gasteiger partial charge in [0.25, 0.3) is 5.91 Å². The molecule has 0 radical (unpaired) electrons. The average molecular weight is 447 g/mol. The number of hydrogen-bond donors (Lipinski definition) is 1. The van der Waals surface area contributed by atoms with Gasteiger partial charge >= 0.3 is 6.18 Å². The van der Waals surface area contributed by atoms with Crippen molar-refractivity contribution in [1.82, 2.24) is 20.1 Å². The molecule has 0 aliphatic heterocycles. The van der Waals surface area contributed by atoms with Crippen molar-refractivity contribution >= 4 is 23.1 Å². The number of nitrogens with zero attached hydrogens (tertiary/aromatic N) is 3. The number of pyridine rings is 1. The van der Waals surface area contributed by atoms with Crippen LogP contribution in [0, 0.1) is 0 Å². The normalized spacial score (nSPS) is 11.8. The first-order valence-corrected chi connectivity index (χ1v) is 10.2. The lowest BCUT2D eigenvalue weighted by atomic mass is 9.95. The summed E-state index contributed by atoms with van der Waals surface area (Å²) in [7, 11) is 0. The maximum atomic E-state index is 13.3. The Bertz CT molecular complexity index is 1040. The first-order valence-electron chi connectivity index (χ1n) is 10.2. The molecule has 5 nitrogen and oxygen atoms in total. The Morgan fingerprint density at radius 1 is 1.25 bits per heavy atom. The van der Waals surface area contributed by atoms with Crippen molar-refractivity contribution in [3.8, 4) is 0 Å². The number of aryl methyl sites for hydroxylation is 1. The summed E-state index contributed by atoms with van der Waals surface area (Å²) in [6.07, 6.45) is 0.778. The van der Waals surface area contributed by atoms with E-state index in [9.17, 15) is 18.0 Å². The van der Waals surface area contributed by atoms with E-state index in [1.807, 2.05) is 20.8 Å². The van der Waals surface area contributed by atoms with Gasteiger partial charge in [-0.1, -0.05) is 31.4 Å². The van der Waals surface area contributed by atoms with Gasteiger partial charge in [0, 0.05) is 24.0 Å². The zero-order chi connectivity index (χ0) is 24.3. The van der Waals surface area contributed by atoms with Gasteiger partial charge in [0.15, 0.2) is 0 Å². The molecule has 0 aromatic carbocycles. The van der Waals surface area contributed by atoms with Crippen molar-refractivity contribution < 1.29 is 18.0 Å². The summed E-state index contributed by atoms with van der Waals surface area (Å²) in [5, 5.41) is 7.01. The molecule has 0 aliphatic rings. The van der Waals surface area contributed by atoms with E-state index in [0.29, 0.717) is 41.8 Å². The Kier molecular flexibility index (Phi) is 7.49. The molecular weight excluding hydrogens is 417 g/mol. The summed E-state index contributed by atoms with van der Waals surface area (Å²) in [6.45, 7) is 18.7. The zero-order valence-corrected chi connectivity index (χ0v) is 18.9. The summed E-state index contributed by atoms with van der Waals surface area (Å²) in [4.78, 5) is 16.5. The second-order valence-electron chi connectivity index (χ2n) is 8.59. The molecule has 1 N–H and O–H groups in total. The van der Waals surface area contributed by atoms with Crippen molar-refractivity contribution in [3.05, 3.63) is 66.3 Å². The third-order valence-corrected chi connectivity index (χ3v) is 4.83. The number of hydrogen-bond acceptors (Lipinski definition) is 3. The Morgan fingerprint density at radius 3 is 2.41 bits per heavy atom. The van der Waals surface area contributed by atoms with Crippen molar-refractivity contribution in [2.24, 2.45) is 0 Å². The number of amides is 1. The highest BCUT2D eigenvalue weighted by Gasteiger charge is 2.35. The van der Waals surface area contributed by atoms with Gasteiger partial charge in [-0.15, -0.1) is 0 Å². The minimum Gasteiger partial charge on any atom is -0.352 e. The SMILES string of the molecule is C=Cc1c(C(=C)C)cc(CCCNC(=O)c2cnn(C(C)(C)C)c2)nc1C(=C)C(F)(F)F. The molecule has 32 heavy (non-hydrogen) atoms. The number of alkyl halides is 3. The van der Waals surface area contributed by atoms with Gasteiger partial charge in [0.2, 0.25) is 0 Å². The monoisotopic (exact) mass is 446 g/mol. The van der Waals surface area contributed by atoms with Crippen LogP contribution in [0.5, 0.6) is 0 Å². The highest BCUT2D eigenvalue weighted by molar-refractivity contribution is 5.93. The van der Waals surface area contributed by atoms with Crippen LogP contribution in [0.25, 0.3) is 17.2 Å². The number of nitrogens with one attached hydrogen (secondary N) is 1. The highest BCUT2D eigenvalue weighted by Crippen LogP contribution is 2.36. The third-order valence-electron chi connectivity index (χ3n) is 4.83. The van der Waals surface area contributed by atoms with Gasteiger partial charge in [-0.05, 0) is 52.2 Å². The third kappa shape index (κ3) is 5.96. The van der Waals surface area contributed by atoms with Gasteiger partial charge in [-0.2, -0.15) is 18.3 Å². The van der Waals surface area contributed by atoms with E-state index in [-0.39, 0.29) is 22.7 Å². The van der Waals surface area contributed by atoms with E-state index in [2.05, 4.69) is 35.1 Å². The number of halogens is 3. The molecule has 2 aromatic heterocycles. The van der Waals surface area contributed by atoms with E-state index in [4.69, 9.17) is 0 Å². The van der Waals surface area contributed by atoms with Crippen molar-refractivity contribution in [2.75, 3.05) is 6.54 Å². The van der Waals surface area contributed by atoms with Gasteiger partial charge in [-0.25, -0.2) is 0 Å². The Balaban J connectivity index is 2.12. The van der Waals surface area contributed by atoms with Crippen LogP contribution in [0.15, 0.2) is 38.2 Å². The maximum Gasteiger partial charge on any atom is 0.417 e. The molecule has 0 aliphatic carbocycles. The quantitative estimate of drug-likeness (QED) is 0.533. The molecule has 2 rings (SSSR count). The first kappa shape index (κ1) is 25.1. The summed E-state index contributed by atoms with van der Waals surface area (Å²) < 4.78 is 41.6. The lowest BCUT2D eigenvalue weighted by molar-refractivity contribution is -0.0689. The smallest absolute Gasteiger partial charge is 0.352 e. The second-order valence-corrected chi connectivity index (χ2v) is 8.59. The Hall–Kier alpha value is -3.16. The maximum absolute atomic E-state index is 13.3. The zero-order valence-electron chi connectivity index (χ0n) is 18.9. The van der Waals surface area contributed by atoms with Gasteiger partial charge in [0.05, 0.1) is 28.6 Å². The van der Waals surface area contributed by atoms with Crippen LogP contribution in [-0.2, 0) is 12.0 Å². The number of carbonyl (C=O) groups is 1. The molecule has 8 heteroatoms. The van der Waals surface area contributed by atoms with E-state index >= 15 is 0 Å². The molecule has 0 unspecified atom stereocenters. The number of allylic oxidation sites excluding steroid dienone is 2. The van der Waals surface area contributed by atoms with Crippen LogP contribution >= 0.6 is 0 Å². The molecule has 172 valence electrons. The number of carbonyl (C=O) groups excluding carboxylic acids is 1. The lowest BCUT2D eigenvalue weighted by Gasteiger charge is -2.18. The van der Waals surface area contributed by atoms with Crippen LogP contribution in [0.1, 0.15) is 67.0 Å². The minimum absolute atomic E-state index is 0.235. The molecule has 0 spiro atoms. The fourth-order valence-electron chi connectivity index (χ4n) is 3.04. The Labute approximate surface area is 186 Å². The number of aromatic nitrogens is 3. The lowest BCUT2D eigenvalue weighted by Crippen LogP contribution is -2.25. The van der Waals surface area contributed by atoms with Gasteiger partial charge in [0.1, 0.15) is 0 Å². The fraction of sp³-hybridized carbons (Fsp3) is 0.375. The molecule has 0 saturated carbocycles. The molecule has 0 fully saturated rings. The highest BCUT2D eigenvalue weighted by atomic mass is 19.4. The topological polar surface area (TPSA) is 59.8 Å². The Morgan fingerprint density at radius 2 is 1.91 bits per heavy atom. The predicted molar refractivity (Wildman–Crippen MR) is 122 cm³/mol. The van der Waals surface area contributed by atoms with Crippen LogP contribution in [0.2, 0.25) is 0 Å². The average Bonchev–Trinajstić information content (AvgIpc) is 3.19. The van der Waals surface area contributed by atoms with E-state index in [1.165, 1.54) is 12.3 Å². The van der Waals surface area contributed by atoms with E-state index in [0.717, 1.165) is 0 Å². The summed E-state index contributed by atoms with van der Waals surface area (Å²) in [5.74, 6) is -0.260. The van der Waals surface area contributed by atoms with Crippen LogP contribution < -0.4 is 5.32 Å². The van der Waals surface area contributed by atoms with Gasteiger partial charge < -0.3 is 5.32 Å². The molecule has 0 saturated heterocycles. The first-order chi connectivity index (χ1) is 14.8. The van der Waals surface area contributed by atoms with Crippen molar-refractivity contribution in [2.45, 2.75) is 52.3 Å². The minimum atomic E-state index is -4.61. The van der Waals surface area contributed by atoms with E-state index in [1.54, 1.807) is 23.9 Å². The predicted octanol–water partition coefficient (Wildman–Crippen LogP) is 5.65. The van der Waals surface area contributed by atoms with E-state index < -0.39 is 11.7 Å². The fourth-order valence-corrected chi connectivity index (χ4v) is 3.04. The molecular formula is C24H29F3N4O. The number of rotatable bonds is 8. The molecule has 2 aromatic rings. The summed E-state index contributed by atoms with van der Waals surface area (Å²) >= 11 is 0. The molecule has 0 bridgehead atoms. The second kappa shape index (κ2) is 9.54. The molecule has 1 amide bonds. The molecule has 0 atom stereocenters. The van der Waals surface area contributed by atoms with Crippen LogP contribution in [-0.4, -0.2) is 33.4 Å². The largest absolute Gasteiger partial charge is 0.417 e. The standard InChI is InChI=1S/C24H29F3N4O/c1-8-19-20(15(2)3)12-18(30-21(19)16(4)24(25,26)27)10-9-11-28-22(32)17-13-29-31(14-17)23(5,6)7/h8,12-14H,1-2,4,9-11H2,3,5-7H3,(H,28,32). The molecule has 2 heterocycles. The van der Waals surface area contributed by atoms with Crippen molar-refractivity contribution in [1.29, 1.82) is 0 Å². The summed E-state index contributed by atoms with van der Waals surface area (Å²) in [5.41, 5.74) is 0.801. The van der Waals surface area contributed by atoms with Gasteiger partial charge in [-0.3, -0.25) is 14.5 Å². The van der Waals surface area contributed by atoms with Crippen LogP contribution in [0.4, 0.5) is 13.2 Å². The van der Waals surface area contributed by atoms with Crippen molar-refractivity contribution in [3.63, 3.8) is 0 Å². The summed E-state index contributed by atoms with van der Waals surface area (Å²) in [6, 6.07) is 1.71. The van der Waals surface area contributed by atoms with Crippen LogP contribution in [0.3, 0.4) is 0 Å².